The van der Waals surface area contributed by atoms with Gasteiger partial charge in [0.25, 0.3) is 5.91 Å². The predicted octanol–water partition coefficient (Wildman–Crippen LogP) is 6.18. The summed E-state index contributed by atoms with van der Waals surface area (Å²) in [5.74, 6) is 1.38. The molecular formula is C30H38N4O4S. The second kappa shape index (κ2) is 13.2. The first-order valence-corrected chi connectivity index (χ1v) is 14.4. The SMILES string of the molecule is CCN(Cc1ccc(C(=O)NC2CCC(OC)CC2)cc1Oc1ccc(-c2nnc(C(C)C)s2)cc1)C(C)=O. The Hall–Kier alpha value is -3.30. The monoisotopic (exact) mass is 550 g/mol. The molecule has 1 saturated carbocycles. The van der Waals surface area contributed by atoms with Crippen LogP contribution in [0.2, 0.25) is 0 Å². The lowest BCUT2D eigenvalue weighted by Gasteiger charge is -2.28. The van der Waals surface area contributed by atoms with Crippen LogP contribution >= 0.6 is 11.3 Å². The minimum absolute atomic E-state index is 0.0147. The molecule has 0 aliphatic heterocycles. The molecular weight excluding hydrogens is 512 g/mol. The van der Waals surface area contributed by atoms with Crippen LogP contribution in [0.1, 0.15) is 80.2 Å². The van der Waals surface area contributed by atoms with Crippen molar-refractivity contribution in [2.24, 2.45) is 0 Å². The summed E-state index contributed by atoms with van der Waals surface area (Å²) < 4.78 is 11.8. The molecule has 2 aromatic carbocycles. The first-order valence-electron chi connectivity index (χ1n) is 13.6. The van der Waals surface area contributed by atoms with Gasteiger partial charge in [0.15, 0.2) is 0 Å². The van der Waals surface area contributed by atoms with Crippen LogP contribution < -0.4 is 10.1 Å². The van der Waals surface area contributed by atoms with E-state index in [1.54, 1.807) is 42.4 Å². The summed E-state index contributed by atoms with van der Waals surface area (Å²) in [5, 5.41) is 13.6. The third kappa shape index (κ3) is 7.42. The highest BCUT2D eigenvalue weighted by atomic mass is 32.1. The highest BCUT2D eigenvalue weighted by Crippen LogP contribution is 2.32. The van der Waals surface area contributed by atoms with Gasteiger partial charge in [-0.1, -0.05) is 31.3 Å². The zero-order valence-corrected chi connectivity index (χ0v) is 24.2. The van der Waals surface area contributed by atoms with Crippen LogP contribution in [0.4, 0.5) is 0 Å². The highest BCUT2D eigenvalue weighted by Gasteiger charge is 2.23. The summed E-state index contributed by atoms with van der Waals surface area (Å²) in [5.41, 5.74) is 2.33. The predicted molar refractivity (Wildman–Crippen MR) is 153 cm³/mol. The smallest absolute Gasteiger partial charge is 0.251 e. The summed E-state index contributed by atoms with van der Waals surface area (Å²) in [4.78, 5) is 27.0. The molecule has 8 nitrogen and oxygen atoms in total. The number of amides is 2. The summed E-state index contributed by atoms with van der Waals surface area (Å²) in [7, 11) is 1.74. The van der Waals surface area contributed by atoms with E-state index in [9.17, 15) is 9.59 Å². The van der Waals surface area contributed by atoms with Crippen molar-refractivity contribution in [1.82, 2.24) is 20.4 Å². The standard InChI is InChI=1S/C30H38N4O4S/c1-6-34(20(4)35)18-23-8-7-22(28(36)31-24-11-15-25(37-5)16-12-24)17-27(23)38-26-13-9-21(10-14-26)30-33-32-29(39-30)19(2)3/h7-10,13-14,17,19,24-25H,6,11-12,15-16,18H2,1-5H3,(H,31,36). The Kier molecular flexibility index (Phi) is 9.69. The number of carbonyl (C=O) groups is 2. The minimum atomic E-state index is -0.126. The summed E-state index contributed by atoms with van der Waals surface area (Å²) in [6.45, 7) is 8.68. The number of nitrogens with zero attached hydrogens (tertiary/aromatic N) is 3. The quantitative estimate of drug-likeness (QED) is 0.324. The highest BCUT2D eigenvalue weighted by molar-refractivity contribution is 7.14. The van der Waals surface area contributed by atoms with E-state index in [1.807, 2.05) is 37.3 Å². The van der Waals surface area contributed by atoms with Gasteiger partial charge in [-0.05, 0) is 69.0 Å². The number of nitrogens with one attached hydrogen (secondary N) is 1. The molecule has 208 valence electrons. The molecule has 0 saturated heterocycles. The molecule has 0 bridgehead atoms. The molecule has 1 fully saturated rings. The third-order valence-electron chi connectivity index (χ3n) is 7.12. The number of aromatic nitrogens is 2. The topological polar surface area (TPSA) is 93.7 Å². The lowest BCUT2D eigenvalue weighted by atomic mass is 9.92. The Labute approximate surface area is 234 Å². The van der Waals surface area contributed by atoms with Gasteiger partial charge in [0.1, 0.15) is 21.5 Å². The van der Waals surface area contributed by atoms with Crippen molar-refractivity contribution in [1.29, 1.82) is 0 Å². The van der Waals surface area contributed by atoms with E-state index in [2.05, 4.69) is 29.4 Å². The maximum Gasteiger partial charge on any atom is 0.251 e. The van der Waals surface area contributed by atoms with E-state index in [0.717, 1.165) is 46.8 Å². The van der Waals surface area contributed by atoms with Crippen molar-refractivity contribution in [2.45, 2.75) is 78.0 Å². The molecule has 0 spiro atoms. The molecule has 39 heavy (non-hydrogen) atoms. The van der Waals surface area contributed by atoms with Crippen molar-refractivity contribution in [3.8, 4) is 22.1 Å². The van der Waals surface area contributed by atoms with Crippen LogP contribution in [0.15, 0.2) is 42.5 Å². The summed E-state index contributed by atoms with van der Waals surface area (Å²) in [6.07, 6.45) is 3.96. The lowest BCUT2D eigenvalue weighted by molar-refractivity contribution is -0.129. The van der Waals surface area contributed by atoms with Gasteiger partial charge >= 0.3 is 0 Å². The van der Waals surface area contributed by atoms with Gasteiger partial charge in [0.05, 0.1) is 6.10 Å². The van der Waals surface area contributed by atoms with Crippen LogP contribution in [0.25, 0.3) is 10.6 Å². The van der Waals surface area contributed by atoms with Gasteiger partial charge < -0.3 is 19.7 Å². The molecule has 1 aliphatic rings. The van der Waals surface area contributed by atoms with Gasteiger partial charge in [-0.15, -0.1) is 10.2 Å². The average Bonchev–Trinajstić information content (AvgIpc) is 3.44. The summed E-state index contributed by atoms with van der Waals surface area (Å²) in [6, 6.07) is 13.3. The number of ether oxygens (including phenoxy) is 2. The van der Waals surface area contributed by atoms with Gasteiger partial charge in [0, 0.05) is 55.8 Å². The van der Waals surface area contributed by atoms with Gasteiger partial charge in [-0.25, -0.2) is 0 Å². The molecule has 0 atom stereocenters. The molecule has 1 aromatic heterocycles. The van der Waals surface area contributed by atoms with E-state index < -0.39 is 0 Å². The van der Waals surface area contributed by atoms with Crippen LogP contribution in [0.5, 0.6) is 11.5 Å². The molecule has 1 N–H and O–H groups in total. The van der Waals surface area contributed by atoms with Crippen LogP contribution in [0, 0.1) is 0 Å². The Morgan fingerprint density at radius 1 is 1.08 bits per heavy atom. The minimum Gasteiger partial charge on any atom is -0.457 e. The fraction of sp³-hybridized carbons (Fsp3) is 0.467. The Bertz CT molecular complexity index is 1270. The number of methoxy groups -OCH3 is 1. The van der Waals surface area contributed by atoms with Gasteiger partial charge in [-0.2, -0.15) is 0 Å². The Morgan fingerprint density at radius 3 is 2.38 bits per heavy atom. The van der Waals surface area contributed by atoms with E-state index in [4.69, 9.17) is 9.47 Å². The van der Waals surface area contributed by atoms with E-state index in [-0.39, 0.29) is 24.0 Å². The zero-order chi connectivity index (χ0) is 27.9. The van der Waals surface area contributed by atoms with E-state index in [1.165, 1.54) is 0 Å². The fourth-order valence-corrected chi connectivity index (χ4v) is 5.51. The van der Waals surface area contributed by atoms with E-state index in [0.29, 0.717) is 36.1 Å². The average molecular weight is 551 g/mol. The fourth-order valence-electron chi connectivity index (χ4n) is 4.66. The maximum absolute atomic E-state index is 13.1. The largest absolute Gasteiger partial charge is 0.457 e. The molecule has 2 amide bonds. The van der Waals surface area contributed by atoms with Crippen molar-refractivity contribution in [3.63, 3.8) is 0 Å². The Balaban J connectivity index is 1.54. The van der Waals surface area contributed by atoms with Crippen molar-refractivity contribution < 1.29 is 19.1 Å². The number of hydrogen-bond acceptors (Lipinski definition) is 7. The van der Waals surface area contributed by atoms with Crippen LogP contribution in [-0.4, -0.2) is 52.7 Å². The first kappa shape index (κ1) is 28.7. The molecule has 9 heteroatoms. The summed E-state index contributed by atoms with van der Waals surface area (Å²) >= 11 is 1.59. The van der Waals surface area contributed by atoms with Crippen LogP contribution in [-0.2, 0) is 16.1 Å². The Morgan fingerprint density at radius 2 is 1.79 bits per heavy atom. The number of rotatable bonds is 10. The number of carbonyl (C=O) groups excluding carboxylic acids is 2. The normalized spacial score (nSPS) is 17.2. The second-order valence-electron chi connectivity index (χ2n) is 10.3. The third-order valence-corrected chi connectivity index (χ3v) is 8.40. The molecule has 4 rings (SSSR count). The molecule has 0 radical (unpaired) electrons. The second-order valence-corrected chi connectivity index (χ2v) is 11.3. The van der Waals surface area contributed by atoms with Gasteiger partial charge in [0.2, 0.25) is 5.91 Å². The lowest BCUT2D eigenvalue weighted by Crippen LogP contribution is -2.38. The van der Waals surface area contributed by atoms with Crippen molar-refractivity contribution in [2.75, 3.05) is 13.7 Å². The zero-order valence-electron chi connectivity index (χ0n) is 23.4. The van der Waals surface area contributed by atoms with E-state index >= 15 is 0 Å². The number of hydrogen-bond donors (Lipinski definition) is 1. The molecule has 3 aromatic rings. The maximum atomic E-state index is 13.1. The van der Waals surface area contributed by atoms with Crippen molar-refractivity contribution >= 4 is 23.2 Å². The van der Waals surface area contributed by atoms with Crippen LogP contribution in [0.3, 0.4) is 0 Å². The molecule has 0 unspecified atom stereocenters. The first-order chi connectivity index (χ1) is 18.8. The van der Waals surface area contributed by atoms with Crippen molar-refractivity contribution in [3.05, 3.63) is 58.6 Å². The molecule has 1 aliphatic carbocycles. The van der Waals surface area contributed by atoms with Gasteiger partial charge in [-0.3, -0.25) is 9.59 Å². The molecule has 1 heterocycles. The number of benzene rings is 2.